The van der Waals surface area contributed by atoms with Gasteiger partial charge in [0.15, 0.2) is 0 Å². The van der Waals surface area contributed by atoms with Gasteiger partial charge in [-0.3, -0.25) is 4.79 Å². The molecule has 2 aliphatic heterocycles. The molecule has 2 aliphatic rings. The molecule has 2 saturated heterocycles. The first-order valence-corrected chi connectivity index (χ1v) is 9.27. The molecular weight excluding hydrogens is 300 g/mol. The average molecular weight is 330 g/mol. The van der Waals surface area contributed by atoms with Crippen LogP contribution >= 0.6 is 0 Å². The Morgan fingerprint density at radius 1 is 1.12 bits per heavy atom. The molecular formula is C20H30N2O2. The van der Waals surface area contributed by atoms with Crippen LogP contribution in [0.3, 0.4) is 0 Å². The van der Waals surface area contributed by atoms with Crippen LogP contribution in [0.4, 0.5) is 0 Å². The zero-order valence-corrected chi connectivity index (χ0v) is 15.0. The molecule has 24 heavy (non-hydrogen) atoms. The van der Waals surface area contributed by atoms with Crippen molar-refractivity contribution in [2.45, 2.75) is 44.7 Å². The largest absolute Gasteiger partial charge is 0.381 e. The van der Waals surface area contributed by atoms with Crippen LogP contribution in [-0.4, -0.2) is 49.6 Å². The Morgan fingerprint density at radius 3 is 2.50 bits per heavy atom. The molecule has 0 bridgehead atoms. The number of carbonyl (C=O) groups is 1. The molecule has 0 radical (unpaired) electrons. The quantitative estimate of drug-likeness (QED) is 0.850. The molecule has 4 nitrogen and oxygen atoms in total. The summed E-state index contributed by atoms with van der Waals surface area (Å²) in [4.78, 5) is 17.3. The number of ether oxygens (including phenoxy) is 1. The second kappa shape index (κ2) is 8.13. The second-order valence-electron chi connectivity index (χ2n) is 7.41. The molecule has 0 N–H and O–H groups in total. The van der Waals surface area contributed by atoms with Gasteiger partial charge in [0, 0.05) is 32.2 Å². The lowest BCUT2D eigenvalue weighted by Gasteiger charge is -2.39. The van der Waals surface area contributed by atoms with Crippen LogP contribution in [0, 0.1) is 5.92 Å². The number of likely N-dealkylation sites (tertiary alicyclic amines) is 1. The van der Waals surface area contributed by atoms with Crippen LogP contribution in [0.1, 0.15) is 49.3 Å². The summed E-state index contributed by atoms with van der Waals surface area (Å²) < 4.78 is 5.42. The first-order chi connectivity index (χ1) is 11.6. The molecule has 1 amide bonds. The lowest BCUT2D eigenvalue weighted by Crippen LogP contribution is -2.43. The molecule has 0 aromatic heterocycles. The maximum absolute atomic E-state index is 13.0. The van der Waals surface area contributed by atoms with Crippen molar-refractivity contribution in [3.8, 4) is 0 Å². The number of amides is 1. The van der Waals surface area contributed by atoms with Crippen LogP contribution < -0.4 is 0 Å². The summed E-state index contributed by atoms with van der Waals surface area (Å²) in [7, 11) is 4.17. The van der Waals surface area contributed by atoms with Gasteiger partial charge in [-0.15, -0.1) is 0 Å². The van der Waals surface area contributed by atoms with E-state index in [4.69, 9.17) is 4.74 Å². The fourth-order valence-electron chi connectivity index (χ4n) is 3.93. The van der Waals surface area contributed by atoms with Gasteiger partial charge in [0.1, 0.15) is 0 Å². The summed E-state index contributed by atoms with van der Waals surface area (Å²) >= 11 is 0. The minimum atomic E-state index is 0.160. The lowest BCUT2D eigenvalue weighted by atomic mass is 9.91. The molecule has 1 aromatic carbocycles. The molecule has 1 atom stereocenters. The first-order valence-electron chi connectivity index (χ1n) is 9.27. The highest BCUT2D eigenvalue weighted by atomic mass is 16.5. The summed E-state index contributed by atoms with van der Waals surface area (Å²) in [5.41, 5.74) is 2.61. The van der Waals surface area contributed by atoms with Crippen molar-refractivity contribution >= 4 is 5.91 Å². The predicted molar refractivity (Wildman–Crippen MR) is 95.7 cm³/mol. The van der Waals surface area contributed by atoms with E-state index in [0.717, 1.165) is 52.0 Å². The van der Waals surface area contributed by atoms with E-state index >= 15 is 0 Å². The highest BCUT2D eigenvalue weighted by Gasteiger charge is 2.33. The van der Waals surface area contributed by atoms with Gasteiger partial charge in [-0.05, 0) is 57.3 Å². The summed E-state index contributed by atoms with van der Waals surface area (Å²) in [6.45, 7) is 3.32. The fourth-order valence-corrected chi connectivity index (χ4v) is 3.93. The minimum Gasteiger partial charge on any atom is -0.381 e. The maximum atomic E-state index is 13.0. The van der Waals surface area contributed by atoms with Gasteiger partial charge in [0.25, 0.3) is 0 Å². The molecule has 1 aromatic rings. The Labute approximate surface area is 145 Å². The molecule has 0 aliphatic carbocycles. The Balaban J connectivity index is 1.72. The lowest BCUT2D eigenvalue weighted by molar-refractivity contribution is -0.142. The third-order valence-corrected chi connectivity index (χ3v) is 5.22. The Hall–Kier alpha value is -1.39. The Morgan fingerprint density at radius 2 is 1.83 bits per heavy atom. The number of piperidine rings is 1. The van der Waals surface area contributed by atoms with E-state index in [0.29, 0.717) is 5.91 Å². The van der Waals surface area contributed by atoms with E-state index in [-0.39, 0.29) is 12.0 Å². The second-order valence-corrected chi connectivity index (χ2v) is 7.41. The van der Waals surface area contributed by atoms with Crippen LogP contribution in [0.25, 0.3) is 0 Å². The molecule has 132 valence electrons. The Kier molecular flexibility index (Phi) is 5.90. The predicted octanol–water partition coefficient (Wildman–Crippen LogP) is 3.23. The van der Waals surface area contributed by atoms with Crippen molar-refractivity contribution in [3.63, 3.8) is 0 Å². The van der Waals surface area contributed by atoms with E-state index in [1.165, 1.54) is 17.5 Å². The molecule has 2 heterocycles. The van der Waals surface area contributed by atoms with E-state index in [9.17, 15) is 4.79 Å². The van der Waals surface area contributed by atoms with Crippen molar-refractivity contribution in [3.05, 3.63) is 35.4 Å². The highest BCUT2D eigenvalue weighted by molar-refractivity contribution is 5.79. The maximum Gasteiger partial charge on any atom is 0.226 e. The third kappa shape index (κ3) is 4.17. The molecule has 0 saturated carbocycles. The monoisotopic (exact) mass is 330 g/mol. The Bertz CT molecular complexity index is 535. The van der Waals surface area contributed by atoms with Crippen LogP contribution in [0.5, 0.6) is 0 Å². The number of carbonyl (C=O) groups excluding carboxylic acids is 1. The van der Waals surface area contributed by atoms with E-state index < -0.39 is 0 Å². The van der Waals surface area contributed by atoms with Gasteiger partial charge >= 0.3 is 0 Å². The summed E-state index contributed by atoms with van der Waals surface area (Å²) in [6, 6.07) is 9.11. The molecule has 3 rings (SSSR count). The average Bonchev–Trinajstić information content (AvgIpc) is 2.62. The van der Waals surface area contributed by atoms with Crippen molar-refractivity contribution in [2.24, 2.45) is 5.92 Å². The standard InChI is InChI=1S/C20H30N2O2/c1-21(2)15-16-6-8-17(9-7-16)19-5-3-4-12-22(19)20(23)18-10-13-24-14-11-18/h6-9,18-19H,3-5,10-15H2,1-2H3. The molecule has 2 fully saturated rings. The van der Waals surface area contributed by atoms with Crippen molar-refractivity contribution in [1.82, 2.24) is 9.80 Å². The number of hydrogen-bond donors (Lipinski definition) is 0. The van der Waals surface area contributed by atoms with Gasteiger partial charge in [0.05, 0.1) is 6.04 Å². The van der Waals surface area contributed by atoms with Gasteiger partial charge in [-0.2, -0.15) is 0 Å². The number of hydrogen-bond acceptors (Lipinski definition) is 3. The number of nitrogens with zero attached hydrogens (tertiary/aromatic N) is 2. The van der Waals surface area contributed by atoms with Crippen LogP contribution in [-0.2, 0) is 16.1 Å². The first kappa shape index (κ1) is 17.4. The van der Waals surface area contributed by atoms with Gasteiger partial charge in [0.2, 0.25) is 5.91 Å². The van der Waals surface area contributed by atoms with E-state index in [2.05, 4.69) is 48.2 Å². The number of benzene rings is 1. The smallest absolute Gasteiger partial charge is 0.226 e. The molecule has 1 unspecified atom stereocenters. The normalized spacial score (nSPS) is 22.8. The molecule has 0 spiro atoms. The topological polar surface area (TPSA) is 32.8 Å². The third-order valence-electron chi connectivity index (χ3n) is 5.22. The van der Waals surface area contributed by atoms with Crippen LogP contribution in [0.2, 0.25) is 0 Å². The SMILES string of the molecule is CN(C)Cc1ccc(C2CCCCN2C(=O)C2CCOCC2)cc1. The summed E-state index contributed by atoms with van der Waals surface area (Å²) in [5, 5.41) is 0. The zero-order chi connectivity index (χ0) is 16.9. The van der Waals surface area contributed by atoms with E-state index in [1.807, 2.05) is 0 Å². The fraction of sp³-hybridized carbons (Fsp3) is 0.650. The summed E-state index contributed by atoms with van der Waals surface area (Å²) in [6.07, 6.45) is 5.18. The number of rotatable bonds is 4. The van der Waals surface area contributed by atoms with Gasteiger partial charge in [-0.1, -0.05) is 24.3 Å². The van der Waals surface area contributed by atoms with E-state index in [1.54, 1.807) is 0 Å². The van der Waals surface area contributed by atoms with Gasteiger partial charge in [-0.25, -0.2) is 0 Å². The van der Waals surface area contributed by atoms with Crippen molar-refractivity contribution in [1.29, 1.82) is 0 Å². The van der Waals surface area contributed by atoms with Gasteiger partial charge < -0.3 is 14.5 Å². The summed E-state index contributed by atoms with van der Waals surface area (Å²) in [5.74, 6) is 0.507. The molecule has 4 heteroatoms. The minimum absolute atomic E-state index is 0.160. The highest BCUT2D eigenvalue weighted by Crippen LogP contribution is 2.33. The zero-order valence-electron chi connectivity index (χ0n) is 15.0. The van der Waals surface area contributed by atoms with Crippen LogP contribution in [0.15, 0.2) is 24.3 Å². The van der Waals surface area contributed by atoms with Crippen molar-refractivity contribution < 1.29 is 9.53 Å². The van der Waals surface area contributed by atoms with Crippen molar-refractivity contribution in [2.75, 3.05) is 33.9 Å².